The molecule has 20 heavy (non-hydrogen) atoms. The van der Waals surface area contributed by atoms with Crippen molar-refractivity contribution < 1.29 is 14.3 Å². The van der Waals surface area contributed by atoms with Crippen LogP contribution in [0.1, 0.15) is 29.1 Å². The summed E-state index contributed by atoms with van der Waals surface area (Å²) < 4.78 is 5.44. The molecule has 0 saturated heterocycles. The van der Waals surface area contributed by atoms with Crippen LogP contribution < -0.4 is 4.90 Å². The number of nitrogens with zero attached hydrogens (tertiary/aromatic N) is 1. The van der Waals surface area contributed by atoms with Crippen LogP contribution in [0.2, 0.25) is 0 Å². The monoisotopic (exact) mass is 267 g/mol. The minimum atomic E-state index is -0.712. The first-order valence-electron chi connectivity index (χ1n) is 6.33. The summed E-state index contributed by atoms with van der Waals surface area (Å²) in [4.78, 5) is 25.6. The Kier molecular flexibility index (Phi) is 2.99. The number of fused-ring (bicyclic) bond motifs is 1. The molecule has 0 spiro atoms. The fraction of sp³-hybridized carbons (Fsp3) is 0.125. The molecule has 1 amide bonds. The molecule has 1 aliphatic rings. The van der Waals surface area contributed by atoms with E-state index in [0.717, 1.165) is 5.56 Å². The van der Waals surface area contributed by atoms with E-state index in [1.54, 1.807) is 24.3 Å². The lowest BCUT2D eigenvalue weighted by Crippen LogP contribution is -2.40. The Morgan fingerprint density at radius 1 is 1.05 bits per heavy atom. The summed E-state index contributed by atoms with van der Waals surface area (Å²) in [5, 5.41) is 0. The number of cyclic esters (lactones) is 1. The zero-order valence-electron chi connectivity index (χ0n) is 10.9. The molecule has 2 aromatic rings. The summed E-state index contributed by atoms with van der Waals surface area (Å²) in [6.07, 6.45) is -0.712. The molecule has 1 unspecified atom stereocenters. The average molecular weight is 267 g/mol. The van der Waals surface area contributed by atoms with Gasteiger partial charge in [0.15, 0.2) is 0 Å². The number of carbonyl (C=O) groups excluding carboxylic acids is 2. The minimum absolute atomic E-state index is 0.168. The quantitative estimate of drug-likeness (QED) is 0.746. The molecular weight excluding hydrogens is 254 g/mol. The summed E-state index contributed by atoms with van der Waals surface area (Å²) in [7, 11) is 0. The molecule has 4 heteroatoms. The normalized spacial score (nSPS) is 17.4. The van der Waals surface area contributed by atoms with E-state index in [0.29, 0.717) is 11.3 Å². The van der Waals surface area contributed by atoms with Gasteiger partial charge in [-0.25, -0.2) is 4.79 Å². The van der Waals surface area contributed by atoms with E-state index < -0.39 is 12.2 Å². The van der Waals surface area contributed by atoms with E-state index in [2.05, 4.69) is 0 Å². The van der Waals surface area contributed by atoms with Gasteiger partial charge in [0, 0.05) is 12.5 Å². The molecule has 0 saturated carbocycles. The van der Waals surface area contributed by atoms with Gasteiger partial charge in [-0.05, 0) is 12.1 Å². The molecule has 2 aromatic carbocycles. The Labute approximate surface area is 116 Å². The van der Waals surface area contributed by atoms with Crippen LogP contribution in [0.15, 0.2) is 54.6 Å². The zero-order valence-corrected chi connectivity index (χ0v) is 10.9. The van der Waals surface area contributed by atoms with Crippen LogP contribution in [0, 0.1) is 0 Å². The molecule has 0 bridgehead atoms. The van der Waals surface area contributed by atoms with Crippen molar-refractivity contribution in [3.8, 4) is 0 Å². The zero-order chi connectivity index (χ0) is 14.1. The number of hydrogen-bond acceptors (Lipinski definition) is 3. The number of amides is 1. The van der Waals surface area contributed by atoms with E-state index in [1.807, 2.05) is 30.3 Å². The third-order valence-electron chi connectivity index (χ3n) is 3.26. The maximum absolute atomic E-state index is 12.1. The number of esters is 1. The van der Waals surface area contributed by atoms with Gasteiger partial charge in [0.2, 0.25) is 12.1 Å². The van der Waals surface area contributed by atoms with Crippen molar-refractivity contribution in [3.05, 3.63) is 65.7 Å². The van der Waals surface area contributed by atoms with E-state index in [4.69, 9.17) is 4.74 Å². The summed E-state index contributed by atoms with van der Waals surface area (Å²) in [5.41, 5.74) is 1.77. The fourth-order valence-corrected chi connectivity index (χ4v) is 2.37. The number of carbonyl (C=O) groups is 2. The molecule has 0 N–H and O–H groups in total. The van der Waals surface area contributed by atoms with Crippen molar-refractivity contribution in [1.29, 1.82) is 0 Å². The number of hydrogen-bond donors (Lipinski definition) is 0. The predicted molar refractivity (Wildman–Crippen MR) is 74.2 cm³/mol. The molecule has 1 heterocycles. The van der Waals surface area contributed by atoms with E-state index >= 15 is 0 Å². The summed E-state index contributed by atoms with van der Waals surface area (Å²) in [6, 6.07) is 16.2. The highest BCUT2D eigenvalue weighted by Gasteiger charge is 2.35. The van der Waals surface area contributed by atoms with Gasteiger partial charge in [0.1, 0.15) is 0 Å². The molecule has 100 valence electrons. The van der Waals surface area contributed by atoms with Gasteiger partial charge in [0.05, 0.1) is 11.3 Å². The average Bonchev–Trinajstić information content (AvgIpc) is 2.47. The number of ether oxygens (including phenoxy) is 1. The predicted octanol–water partition coefficient (Wildman–Crippen LogP) is 2.91. The first kappa shape index (κ1) is 12.4. The first-order valence-corrected chi connectivity index (χ1v) is 6.33. The minimum Gasteiger partial charge on any atom is -0.433 e. The maximum Gasteiger partial charge on any atom is 0.342 e. The van der Waals surface area contributed by atoms with Crippen LogP contribution >= 0.6 is 0 Å². The second-order valence-electron chi connectivity index (χ2n) is 4.57. The Hall–Kier alpha value is -2.62. The highest BCUT2D eigenvalue weighted by molar-refractivity contribution is 6.04. The third kappa shape index (κ3) is 1.95. The van der Waals surface area contributed by atoms with Crippen molar-refractivity contribution in [3.63, 3.8) is 0 Å². The largest absolute Gasteiger partial charge is 0.433 e. The molecular formula is C16H13NO3. The van der Waals surface area contributed by atoms with E-state index in [9.17, 15) is 9.59 Å². The fourth-order valence-electron chi connectivity index (χ4n) is 2.37. The van der Waals surface area contributed by atoms with Crippen LogP contribution in [0.4, 0.5) is 5.69 Å². The highest BCUT2D eigenvalue weighted by Crippen LogP contribution is 2.36. The number of para-hydroxylation sites is 1. The van der Waals surface area contributed by atoms with Crippen molar-refractivity contribution >= 4 is 17.6 Å². The van der Waals surface area contributed by atoms with Gasteiger partial charge in [-0.2, -0.15) is 0 Å². The van der Waals surface area contributed by atoms with Crippen molar-refractivity contribution in [2.24, 2.45) is 0 Å². The lowest BCUT2D eigenvalue weighted by atomic mass is 10.1. The van der Waals surface area contributed by atoms with Crippen molar-refractivity contribution in [2.45, 2.75) is 13.2 Å². The van der Waals surface area contributed by atoms with Crippen LogP contribution in [-0.2, 0) is 9.53 Å². The number of rotatable bonds is 1. The second-order valence-corrected chi connectivity index (χ2v) is 4.57. The first-order chi connectivity index (χ1) is 9.68. The van der Waals surface area contributed by atoms with Crippen LogP contribution in [0.3, 0.4) is 0 Å². The van der Waals surface area contributed by atoms with Gasteiger partial charge in [-0.3, -0.25) is 9.69 Å². The van der Waals surface area contributed by atoms with Gasteiger partial charge in [-0.1, -0.05) is 42.5 Å². The molecule has 0 aliphatic carbocycles. The molecule has 1 aliphatic heterocycles. The van der Waals surface area contributed by atoms with Crippen LogP contribution in [0.5, 0.6) is 0 Å². The molecule has 0 fully saturated rings. The van der Waals surface area contributed by atoms with Gasteiger partial charge in [-0.15, -0.1) is 0 Å². The number of anilines is 1. The SMILES string of the molecule is CC(=O)N1c2ccccc2C(=O)OC1c1ccccc1. The smallest absolute Gasteiger partial charge is 0.342 e. The van der Waals surface area contributed by atoms with Crippen LogP contribution in [0.25, 0.3) is 0 Å². The molecule has 4 nitrogen and oxygen atoms in total. The lowest BCUT2D eigenvalue weighted by Gasteiger charge is -2.35. The topological polar surface area (TPSA) is 46.6 Å². The second kappa shape index (κ2) is 4.81. The van der Waals surface area contributed by atoms with Crippen molar-refractivity contribution in [1.82, 2.24) is 0 Å². The number of benzene rings is 2. The van der Waals surface area contributed by atoms with Crippen LogP contribution in [-0.4, -0.2) is 11.9 Å². The lowest BCUT2D eigenvalue weighted by molar-refractivity contribution is -0.118. The Balaban J connectivity index is 2.14. The molecule has 0 aromatic heterocycles. The summed E-state index contributed by atoms with van der Waals surface area (Å²) in [5.74, 6) is -0.578. The third-order valence-corrected chi connectivity index (χ3v) is 3.26. The molecule has 1 atom stereocenters. The van der Waals surface area contributed by atoms with Crippen molar-refractivity contribution in [2.75, 3.05) is 4.90 Å². The highest BCUT2D eigenvalue weighted by atomic mass is 16.6. The van der Waals surface area contributed by atoms with Gasteiger partial charge >= 0.3 is 5.97 Å². The standard InChI is InChI=1S/C16H13NO3/c1-11(18)17-14-10-6-5-9-13(14)16(19)20-15(17)12-7-3-2-4-8-12/h2-10,15H,1H3. The van der Waals surface area contributed by atoms with E-state index in [-0.39, 0.29) is 5.91 Å². The molecule has 0 radical (unpaired) electrons. The van der Waals surface area contributed by atoms with Gasteiger partial charge in [0.25, 0.3) is 0 Å². The Morgan fingerprint density at radius 2 is 1.70 bits per heavy atom. The van der Waals surface area contributed by atoms with E-state index in [1.165, 1.54) is 11.8 Å². The molecule has 3 rings (SSSR count). The summed E-state index contributed by atoms with van der Waals surface area (Å²) in [6.45, 7) is 1.46. The summed E-state index contributed by atoms with van der Waals surface area (Å²) >= 11 is 0. The Bertz CT molecular complexity index is 666. The Morgan fingerprint density at radius 3 is 2.40 bits per heavy atom. The van der Waals surface area contributed by atoms with Gasteiger partial charge < -0.3 is 4.74 Å². The maximum atomic E-state index is 12.1.